The first-order valence-corrected chi connectivity index (χ1v) is 6.58. The van der Waals surface area contributed by atoms with Crippen LogP contribution in [0.2, 0.25) is 0 Å². The third-order valence-corrected chi connectivity index (χ3v) is 3.11. The van der Waals surface area contributed by atoms with Gasteiger partial charge in [-0.1, -0.05) is 6.42 Å². The van der Waals surface area contributed by atoms with Crippen molar-refractivity contribution in [2.24, 2.45) is 0 Å². The molecule has 0 aromatic carbocycles. The van der Waals surface area contributed by atoms with Gasteiger partial charge in [0.2, 0.25) is 5.88 Å². The van der Waals surface area contributed by atoms with Crippen molar-refractivity contribution >= 4 is 5.91 Å². The second kappa shape index (κ2) is 6.47. The molecule has 0 saturated carbocycles. The average Bonchev–Trinajstić information content (AvgIpc) is 2.46. The Kier molecular flexibility index (Phi) is 4.68. The highest BCUT2D eigenvalue weighted by atomic mass is 16.5. The molecule has 0 bridgehead atoms. The van der Waals surface area contributed by atoms with E-state index in [0.29, 0.717) is 24.2 Å². The van der Waals surface area contributed by atoms with Crippen LogP contribution in [0.1, 0.15) is 29.8 Å². The predicted octanol–water partition coefficient (Wildman–Crippen LogP) is 0.699. The number of aromatic nitrogens is 2. The lowest BCUT2D eigenvalue weighted by Crippen LogP contribution is -2.38. The van der Waals surface area contributed by atoms with Crippen molar-refractivity contribution in [2.45, 2.75) is 25.3 Å². The van der Waals surface area contributed by atoms with Crippen molar-refractivity contribution < 1.29 is 9.53 Å². The van der Waals surface area contributed by atoms with Gasteiger partial charge in [0.15, 0.2) is 5.69 Å². The highest BCUT2D eigenvalue weighted by Gasteiger charge is 2.14. The number of ether oxygens (including phenoxy) is 1. The Morgan fingerprint density at radius 3 is 2.84 bits per heavy atom. The number of nitrogens with one attached hydrogen (secondary N) is 1. The van der Waals surface area contributed by atoms with Gasteiger partial charge < -0.3 is 15.0 Å². The van der Waals surface area contributed by atoms with Crippen LogP contribution < -0.4 is 10.1 Å². The molecule has 1 amide bonds. The van der Waals surface area contributed by atoms with Crippen molar-refractivity contribution in [1.82, 2.24) is 20.4 Å². The third kappa shape index (κ3) is 3.89. The number of amides is 1. The summed E-state index contributed by atoms with van der Waals surface area (Å²) in [6, 6.07) is 3.71. The van der Waals surface area contributed by atoms with Crippen molar-refractivity contribution in [3.63, 3.8) is 0 Å². The molecule has 1 atom stereocenters. The van der Waals surface area contributed by atoms with Crippen LogP contribution in [0, 0.1) is 0 Å². The van der Waals surface area contributed by atoms with Crippen LogP contribution in [-0.4, -0.2) is 54.3 Å². The molecule has 0 radical (unpaired) electrons. The molecule has 6 heteroatoms. The van der Waals surface area contributed by atoms with Crippen molar-refractivity contribution in [3.8, 4) is 5.88 Å². The van der Waals surface area contributed by atoms with Crippen molar-refractivity contribution in [1.29, 1.82) is 0 Å². The van der Waals surface area contributed by atoms with Gasteiger partial charge in [0.05, 0.1) is 0 Å². The van der Waals surface area contributed by atoms with Gasteiger partial charge in [-0.05, 0) is 25.5 Å². The first-order chi connectivity index (χ1) is 9.16. The minimum Gasteiger partial charge on any atom is -0.475 e. The Bertz CT molecular complexity index is 413. The fourth-order valence-corrected chi connectivity index (χ4v) is 1.99. The molecule has 1 fully saturated rings. The smallest absolute Gasteiger partial charge is 0.273 e. The van der Waals surface area contributed by atoms with E-state index in [-0.39, 0.29) is 5.91 Å². The topological polar surface area (TPSA) is 67.3 Å². The molecule has 2 rings (SSSR count). The van der Waals surface area contributed by atoms with Gasteiger partial charge in [-0.15, -0.1) is 10.2 Å². The number of hydrogen-bond acceptors (Lipinski definition) is 5. The van der Waals surface area contributed by atoms with Crippen LogP contribution >= 0.6 is 0 Å². The summed E-state index contributed by atoms with van der Waals surface area (Å²) in [6.45, 7) is 1.64. The Morgan fingerprint density at radius 2 is 2.26 bits per heavy atom. The van der Waals surface area contributed by atoms with Crippen LogP contribution in [0.25, 0.3) is 0 Å². The lowest BCUT2D eigenvalue weighted by Gasteiger charge is -2.23. The second-order valence-electron chi connectivity index (χ2n) is 4.91. The summed E-state index contributed by atoms with van der Waals surface area (Å²) in [4.78, 5) is 13.1. The van der Waals surface area contributed by atoms with Gasteiger partial charge in [0.1, 0.15) is 6.61 Å². The number of hydrogen-bond donors (Lipinski definition) is 1. The molecule has 6 nitrogen and oxygen atoms in total. The van der Waals surface area contributed by atoms with Crippen LogP contribution in [0.5, 0.6) is 5.88 Å². The molecular weight excluding hydrogens is 244 g/mol. The molecule has 0 aliphatic carbocycles. The summed E-state index contributed by atoms with van der Waals surface area (Å²) in [5.74, 6) is 0.302. The minimum atomic E-state index is -0.159. The number of piperidine rings is 1. The van der Waals surface area contributed by atoms with Gasteiger partial charge >= 0.3 is 0 Å². The fourth-order valence-electron chi connectivity index (χ4n) is 1.99. The van der Waals surface area contributed by atoms with E-state index in [1.54, 1.807) is 26.2 Å². The van der Waals surface area contributed by atoms with E-state index < -0.39 is 0 Å². The Balaban J connectivity index is 1.86. The van der Waals surface area contributed by atoms with E-state index in [4.69, 9.17) is 4.74 Å². The van der Waals surface area contributed by atoms with Crippen LogP contribution in [0.15, 0.2) is 12.1 Å². The van der Waals surface area contributed by atoms with E-state index in [2.05, 4.69) is 15.5 Å². The molecule has 2 heterocycles. The summed E-state index contributed by atoms with van der Waals surface area (Å²) in [5, 5.41) is 11.2. The molecule has 1 N–H and O–H groups in total. The van der Waals surface area contributed by atoms with Crippen LogP contribution in [-0.2, 0) is 0 Å². The van der Waals surface area contributed by atoms with Gasteiger partial charge in [0, 0.05) is 26.2 Å². The minimum absolute atomic E-state index is 0.159. The van der Waals surface area contributed by atoms with E-state index >= 15 is 0 Å². The van der Waals surface area contributed by atoms with E-state index in [1.807, 2.05) is 0 Å². The molecule has 1 aromatic rings. The van der Waals surface area contributed by atoms with Gasteiger partial charge in [-0.25, -0.2) is 0 Å². The molecule has 1 aliphatic rings. The zero-order valence-corrected chi connectivity index (χ0v) is 11.4. The highest BCUT2D eigenvalue weighted by molar-refractivity contribution is 5.91. The third-order valence-electron chi connectivity index (χ3n) is 3.11. The van der Waals surface area contributed by atoms with Crippen LogP contribution in [0.4, 0.5) is 0 Å². The van der Waals surface area contributed by atoms with Gasteiger partial charge in [-0.3, -0.25) is 4.79 Å². The lowest BCUT2D eigenvalue weighted by molar-refractivity contribution is 0.0820. The maximum atomic E-state index is 11.6. The first-order valence-electron chi connectivity index (χ1n) is 6.58. The zero-order valence-electron chi connectivity index (χ0n) is 11.4. The van der Waals surface area contributed by atoms with E-state index in [9.17, 15) is 4.79 Å². The molecule has 1 aliphatic heterocycles. The molecule has 1 saturated heterocycles. The normalized spacial score (nSPS) is 18.9. The second-order valence-corrected chi connectivity index (χ2v) is 4.91. The fraction of sp³-hybridized carbons (Fsp3) is 0.615. The van der Waals surface area contributed by atoms with Crippen LogP contribution in [0.3, 0.4) is 0 Å². The predicted molar refractivity (Wildman–Crippen MR) is 71.2 cm³/mol. The Morgan fingerprint density at radius 1 is 1.42 bits per heavy atom. The van der Waals surface area contributed by atoms with Gasteiger partial charge in [0.25, 0.3) is 5.91 Å². The number of carbonyl (C=O) groups excluding carboxylic acids is 1. The van der Waals surface area contributed by atoms with Crippen molar-refractivity contribution in [2.75, 3.05) is 27.2 Å². The van der Waals surface area contributed by atoms with Crippen molar-refractivity contribution in [3.05, 3.63) is 17.8 Å². The SMILES string of the molecule is CN(C)C(=O)c1ccc(OCC2CCCCN2)nn1. The molecule has 104 valence electrons. The standard InChI is InChI=1S/C13H20N4O2/c1-17(2)13(18)11-6-7-12(16-15-11)19-9-10-5-3-4-8-14-10/h6-7,10,14H,3-5,8-9H2,1-2H3. The molecule has 0 spiro atoms. The monoisotopic (exact) mass is 264 g/mol. The average molecular weight is 264 g/mol. The molecule has 1 aromatic heterocycles. The molecular formula is C13H20N4O2. The summed E-state index contributed by atoms with van der Waals surface area (Å²) in [6.07, 6.45) is 3.60. The maximum absolute atomic E-state index is 11.6. The highest BCUT2D eigenvalue weighted by Crippen LogP contribution is 2.10. The lowest BCUT2D eigenvalue weighted by atomic mass is 10.1. The van der Waals surface area contributed by atoms with E-state index in [0.717, 1.165) is 13.0 Å². The van der Waals surface area contributed by atoms with E-state index in [1.165, 1.54) is 17.7 Å². The largest absolute Gasteiger partial charge is 0.475 e. The molecule has 19 heavy (non-hydrogen) atoms. The first kappa shape index (κ1) is 13.7. The number of carbonyl (C=O) groups is 1. The quantitative estimate of drug-likeness (QED) is 0.867. The summed E-state index contributed by atoms with van der Waals surface area (Å²) >= 11 is 0. The number of rotatable bonds is 4. The Hall–Kier alpha value is -1.69. The molecule has 1 unspecified atom stereocenters. The Labute approximate surface area is 113 Å². The zero-order chi connectivity index (χ0) is 13.7. The van der Waals surface area contributed by atoms with Gasteiger partial charge in [-0.2, -0.15) is 0 Å². The maximum Gasteiger partial charge on any atom is 0.273 e. The number of nitrogens with zero attached hydrogens (tertiary/aromatic N) is 3. The summed E-state index contributed by atoms with van der Waals surface area (Å²) in [7, 11) is 3.37. The summed E-state index contributed by atoms with van der Waals surface area (Å²) in [5.41, 5.74) is 0.327. The summed E-state index contributed by atoms with van der Waals surface area (Å²) < 4.78 is 5.58.